The summed E-state index contributed by atoms with van der Waals surface area (Å²) >= 11 is 0. The van der Waals surface area contributed by atoms with Crippen LogP contribution in [0.4, 0.5) is 18.9 Å². The lowest BCUT2D eigenvalue weighted by molar-refractivity contribution is -0.137. The van der Waals surface area contributed by atoms with Gasteiger partial charge in [0.05, 0.1) is 24.1 Å². The van der Waals surface area contributed by atoms with Crippen molar-refractivity contribution >= 4 is 27.3 Å². The highest BCUT2D eigenvalue weighted by molar-refractivity contribution is 7.92. The van der Waals surface area contributed by atoms with E-state index in [0.29, 0.717) is 17.7 Å². The van der Waals surface area contributed by atoms with Crippen molar-refractivity contribution in [2.24, 2.45) is 0 Å². The van der Waals surface area contributed by atoms with E-state index in [1.807, 2.05) is 0 Å². The molecule has 4 rings (SSSR count). The highest BCUT2D eigenvalue weighted by Gasteiger charge is 2.33. The van der Waals surface area contributed by atoms with Gasteiger partial charge in [-0.3, -0.25) is 13.5 Å². The van der Waals surface area contributed by atoms with Crippen molar-refractivity contribution < 1.29 is 26.4 Å². The van der Waals surface area contributed by atoms with Crippen LogP contribution in [-0.2, 0) is 29.2 Å². The van der Waals surface area contributed by atoms with Crippen LogP contribution >= 0.6 is 0 Å². The van der Waals surface area contributed by atoms with Crippen LogP contribution in [0.25, 0.3) is 5.65 Å². The molecule has 8 nitrogen and oxygen atoms in total. The Hall–Kier alpha value is -3.15. The molecule has 0 unspecified atom stereocenters. The number of amides is 1. The Bertz CT molecular complexity index is 1290. The number of pyridine rings is 1. The largest absolute Gasteiger partial charge is 0.417 e. The fraction of sp³-hybridized carbons (Fsp3) is 0.316. The minimum atomic E-state index is -4.51. The molecule has 0 saturated carbocycles. The molecule has 164 valence electrons. The van der Waals surface area contributed by atoms with E-state index in [4.69, 9.17) is 0 Å². The van der Waals surface area contributed by atoms with E-state index >= 15 is 0 Å². The lowest BCUT2D eigenvalue weighted by Gasteiger charge is -2.21. The van der Waals surface area contributed by atoms with Gasteiger partial charge in [0.15, 0.2) is 11.5 Å². The number of aromatic nitrogens is 3. The van der Waals surface area contributed by atoms with Gasteiger partial charge in [-0.15, -0.1) is 10.2 Å². The van der Waals surface area contributed by atoms with Crippen LogP contribution in [0.1, 0.15) is 34.2 Å². The van der Waals surface area contributed by atoms with Crippen molar-refractivity contribution in [1.29, 1.82) is 0 Å². The molecule has 3 aromatic rings. The van der Waals surface area contributed by atoms with Crippen LogP contribution in [0.3, 0.4) is 0 Å². The number of benzene rings is 1. The summed E-state index contributed by atoms with van der Waals surface area (Å²) in [7, 11) is -3.44. The lowest BCUT2D eigenvalue weighted by atomic mass is 10.1. The Morgan fingerprint density at radius 3 is 2.65 bits per heavy atom. The first-order valence-electron chi connectivity index (χ1n) is 9.26. The number of nitrogens with one attached hydrogen (secondary N) is 1. The van der Waals surface area contributed by atoms with Crippen LogP contribution in [0.5, 0.6) is 0 Å². The number of sulfonamides is 1. The van der Waals surface area contributed by atoms with Gasteiger partial charge in [0.2, 0.25) is 10.0 Å². The molecule has 1 aliphatic rings. The van der Waals surface area contributed by atoms with E-state index in [1.54, 1.807) is 19.1 Å². The van der Waals surface area contributed by atoms with Crippen molar-refractivity contribution in [3.05, 3.63) is 59.0 Å². The summed E-state index contributed by atoms with van der Waals surface area (Å²) in [6, 6.07) is 6.57. The minimum Gasteiger partial charge on any atom is -0.345 e. The maximum atomic E-state index is 13.0. The fourth-order valence-electron chi connectivity index (χ4n) is 3.74. The molecular weight excluding hydrogens is 435 g/mol. The predicted octanol–water partition coefficient (Wildman–Crippen LogP) is 2.39. The van der Waals surface area contributed by atoms with Crippen molar-refractivity contribution in [3.63, 3.8) is 0 Å². The quantitative estimate of drug-likeness (QED) is 0.654. The van der Waals surface area contributed by atoms with Crippen LogP contribution in [-0.4, -0.2) is 41.2 Å². The molecule has 3 heterocycles. The van der Waals surface area contributed by atoms with E-state index < -0.39 is 27.7 Å². The zero-order valence-corrected chi connectivity index (χ0v) is 17.3. The maximum Gasteiger partial charge on any atom is 0.417 e. The molecule has 0 aliphatic carbocycles. The molecule has 1 aromatic carbocycles. The lowest BCUT2D eigenvalue weighted by Crippen LogP contribution is -2.34. The molecule has 0 spiro atoms. The van der Waals surface area contributed by atoms with Gasteiger partial charge in [-0.2, -0.15) is 13.2 Å². The maximum absolute atomic E-state index is 13.0. The first-order chi connectivity index (χ1) is 14.4. The Morgan fingerprint density at radius 2 is 1.97 bits per heavy atom. The topological polar surface area (TPSA) is 96.7 Å². The number of anilines is 1. The molecule has 0 saturated heterocycles. The van der Waals surface area contributed by atoms with E-state index in [9.17, 15) is 26.4 Å². The van der Waals surface area contributed by atoms with Crippen LogP contribution in [0.15, 0.2) is 36.5 Å². The van der Waals surface area contributed by atoms with Crippen LogP contribution < -0.4 is 9.62 Å². The molecule has 0 radical (unpaired) electrons. The third-order valence-corrected chi connectivity index (χ3v) is 6.33. The minimum absolute atomic E-state index is 0.135. The Labute approximate surface area is 175 Å². The number of carbonyl (C=O) groups excluding carboxylic acids is 1. The average Bonchev–Trinajstić information content (AvgIpc) is 3.23. The number of carbonyl (C=O) groups is 1. The number of nitrogens with zero attached hydrogens (tertiary/aromatic N) is 4. The average molecular weight is 453 g/mol. The molecular formula is C19H18F3N5O3S. The van der Waals surface area contributed by atoms with Crippen molar-refractivity contribution in [2.75, 3.05) is 10.6 Å². The highest BCUT2D eigenvalue weighted by Crippen LogP contribution is 2.34. The first kappa shape index (κ1) is 21.1. The van der Waals surface area contributed by atoms with Crippen molar-refractivity contribution in [3.8, 4) is 0 Å². The van der Waals surface area contributed by atoms with Crippen LogP contribution in [0.2, 0.25) is 0 Å². The molecule has 2 aromatic heterocycles. The number of hydrogen-bond acceptors (Lipinski definition) is 5. The fourth-order valence-corrected chi connectivity index (χ4v) is 5.00. The summed E-state index contributed by atoms with van der Waals surface area (Å²) in [6.07, 6.45) is -2.03. The van der Waals surface area contributed by atoms with Gasteiger partial charge in [-0.25, -0.2) is 8.42 Å². The third-order valence-electron chi connectivity index (χ3n) is 5.06. The van der Waals surface area contributed by atoms with E-state index in [2.05, 4.69) is 15.5 Å². The van der Waals surface area contributed by atoms with Gasteiger partial charge in [-0.05, 0) is 49.2 Å². The van der Waals surface area contributed by atoms with Gasteiger partial charge in [0.25, 0.3) is 5.91 Å². The molecule has 1 N–H and O–H groups in total. The monoisotopic (exact) mass is 453 g/mol. The van der Waals surface area contributed by atoms with Gasteiger partial charge in [-0.1, -0.05) is 0 Å². The zero-order valence-electron chi connectivity index (χ0n) is 16.5. The Kier molecular flexibility index (Phi) is 4.91. The van der Waals surface area contributed by atoms with Crippen molar-refractivity contribution in [1.82, 2.24) is 19.9 Å². The second kappa shape index (κ2) is 7.22. The summed E-state index contributed by atoms with van der Waals surface area (Å²) in [5, 5.41) is 10.3. The molecule has 31 heavy (non-hydrogen) atoms. The van der Waals surface area contributed by atoms with Gasteiger partial charge >= 0.3 is 6.18 Å². The third kappa shape index (κ3) is 3.94. The normalized spacial score (nSPS) is 16.5. The van der Waals surface area contributed by atoms with E-state index in [1.165, 1.54) is 20.8 Å². The second-order valence-electron chi connectivity index (χ2n) is 7.40. The second-order valence-corrected chi connectivity index (χ2v) is 9.26. The summed E-state index contributed by atoms with van der Waals surface area (Å²) in [5.74, 6) is -0.315. The summed E-state index contributed by atoms with van der Waals surface area (Å²) < 4.78 is 65.4. The van der Waals surface area contributed by atoms with E-state index in [0.717, 1.165) is 24.1 Å². The summed E-state index contributed by atoms with van der Waals surface area (Å²) in [5.41, 5.74) is 0.953. The number of fused-ring (bicyclic) bond motifs is 2. The van der Waals surface area contributed by atoms with Crippen molar-refractivity contribution in [2.45, 2.75) is 32.1 Å². The summed E-state index contributed by atoms with van der Waals surface area (Å²) in [6.45, 7) is 1.65. The molecule has 1 atom stereocenters. The first-order valence-corrected chi connectivity index (χ1v) is 11.1. The number of halogens is 3. The smallest absolute Gasteiger partial charge is 0.345 e. The Balaban J connectivity index is 1.53. The zero-order chi connectivity index (χ0) is 22.6. The summed E-state index contributed by atoms with van der Waals surface area (Å²) in [4.78, 5) is 12.6. The van der Waals surface area contributed by atoms with Gasteiger partial charge < -0.3 is 5.32 Å². The SMILES string of the molecule is C[C@@H]1Cc2cc(C(=O)NCc3nnc4ccc(C(F)(F)F)cn34)ccc2N1S(C)(=O)=O. The van der Waals surface area contributed by atoms with Gasteiger partial charge in [0, 0.05) is 17.8 Å². The number of hydrogen-bond donors (Lipinski definition) is 1. The molecule has 0 fully saturated rings. The predicted molar refractivity (Wildman–Crippen MR) is 106 cm³/mol. The highest BCUT2D eigenvalue weighted by atomic mass is 32.2. The molecule has 1 aliphatic heterocycles. The Morgan fingerprint density at radius 1 is 1.23 bits per heavy atom. The number of rotatable bonds is 4. The standard InChI is InChI=1S/C19H18F3N5O3S/c1-11-7-13-8-12(3-5-15(13)27(11)31(2,29)30)18(28)23-9-17-25-24-16-6-4-14(10-26(16)17)19(20,21)22/h3-6,8,10-11H,7,9H2,1-2H3,(H,23,28)/t11-/m1/s1. The molecule has 0 bridgehead atoms. The number of alkyl halides is 3. The molecule has 12 heteroatoms. The molecule has 1 amide bonds. The van der Waals surface area contributed by atoms with Crippen LogP contribution in [0, 0.1) is 0 Å². The van der Waals surface area contributed by atoms with E-state index in [-0.39, 0.29) is 24.1 Å². The van der Waals surface area contributed by atoms with Gasteiger partial charge in [0.1, 0.15) is 0 Å².